The smallest absolute Gasteiger partial charge is 0.416 e. The van der Waals surface area contributed by atoms with Gasteiger partial charge in [0.15, 0.2) is 0 Å². The molecule has 1 aliphatic carbocycles. The van der Waals surface area contributed by atoms with Crippen molar-refractivity contribution in [3.63, 3.8) is 0 Å². The average Bonchev–Trinajstić information content (AvgIpc) is 1.58. The number of carbonyl (C=O) groups is 5. The number of aryl methyl sites for hydroxylation is 1. The number of alkyl halides is 6. The Morgan fingerprint density at radius 3 is 2.00 bits per heavy atom. The number of fused-ring (bicyclic) bond motifs is 2. The summed E-state index contributed by atoms with van der Waals surface area (Å²) in [7, 11) is 5.30. The van der Waals surface area contributed by atoms with Crippen LogP contribution >= 0.6 is 0 Å². The first-order chi connectivity index (χ1) is 46.8. The predicted molar refractivity (Wildman–Crippen MR) is 360 cm³/mol. The normalized spacial score (nSPS) is 18.2. The molecule has 5 amide bonds. The lowest BCUT2D eigenvalue weighted by Gasteiger charge is -2.44. The highest BCUT2D eigenvalue weighted by Crippen LogP contribution is 2.49. The zero-order chi connectivity index (χ0) is 69.9. The maximum absolute atomic E-state index is 14.3. The first kappa shape index (κ1) is 72.4. The number of anilines is 2. The second-order valence-corrected chi connectivity index (χ2v) is 26.6. The third kappa shape index (κ3) is 17.4. The zero-order valence-corrected chi connectivity index (χ0v) is 56.0. The van der Waals surface area contributed by atoms with Crippen molar-refractivity contribution in [3.05, 3.63) is 190 Å². The van der Waals surface area contributed by atoms with E-state index < -0.39 is 64.6 Å². The molecule has 6 aromatic carbocycles. The van der Waals surface area contributed by atoms with Gasteiger partial charge in [0.05, 0.1) is 29.5 Å². The topological polar surface area (TPSA) is 159 Å². The van der Waals surface area contributed by atoms with Crippen molar-refractivity contribution in [3.8, 4) is 11.1 Å². The highest BCUT2D eigenvalue weighted by Gasteiger charge is 2.50. The van der Waals surface area contributed by atoms with Gasteiger partial charge in [0.25, 0.3) is 11.8 Å². The van der Waals surface area contributed by atoms with Gasteiger partial charge in [0.2, 0.25) is 11.8 Å². The molecule has 1 spiro atoms. The number of halogens is 7. The highest BCUT2D eigenvalue weighted by molar-refractivity contribution is 5.96. The number of likely N-dealkylation sites (tertiary alicyclic amines) is 2. The van der Waals surface area contributed by atoms with E-state index in [2.05, 4.69) is 27.2 Å². The van der Waals surface area contributed by atoms with Crippen molar-refractivity contribution in [1.82, 2.24) is 29.4 Å². The molecule has 23 heteroatoms. The van der Waals surface area contributed by atoms with Crippen LogP contribution in [0, 0.1) is 12.7 Å². The van der Waals surface area contributed by atoms with Crippen molar-refractivity contribution in [2.45, 2.75) is 113 Å². The van der Waals surface area contributed by atoms with Crippen LogP contribution in [0.3, 0.4) is 0 Å². The van der Waals surface area contributed by atoms with Gasteiger partial charge in [-0.1, -0.05) is 91.3 Å². The number of carbonyl (C=O) groups excluding carboxylic acids is 4. The van der Waals surface area contributed by atoms with E-state index in [9.17, 15) is 59.8 Å². The standard InChI is InChI=1S/C75H87F7N8O8/c1-52-44-55(23-28-64(52)83-34-14-6-9-22-67(91)85(3)42-43-87-37-29-61(30-38-87)90(71(95)96)65-21-13-11-19-62(65)53-16-7-5-8-17-53)69(93)86(4)36-15-35-84(2)68(92)49-97-66-47-54-18-10-12-20-63(54)72(66)31-39-88(40-32-72)41-33-73(57-24-26-60(76)27-25-57)50-89(51-98-73)70(94)56-45-58(74(77,78)79)48-59(46-56)75(80,81)82/h5,7-8,10-13,16-21,23-28,44-46,48,61,66,83H,6,9,14-15,22,29-43,47,49-51H2,1-4H3,(H,95,96)/t66-,73+/m0/s1. The lowest BCUT2D eigenvalue weighted by molar-refractivity contribution is -0.143. The number of piperidine rings is 2. The summed E-state index contributed by atoms with van der Waals surface area (Å²) in [6.07, 6.45) is -4.48. The van der Waals surface area contributed by atoms with Crippen molar-refractivity contribution in [2.75, 3.05) is 117 Å². The molecule has 10 rings (SSSR count). The van der Waals surface area contributed by atoms with Crippen molar-refractivity contribution >= 4 is 41.1 Å². The Hall–Kier alpha value is -8.38. The summed E-state index contributed by atoms with van der Waals surface area (Å²) in [4.78, 5) is 79.0. The molecule has 98 heavy (non-hydrogen) atoms. The number of rotatable bonds is 26. The Balaban J connectivity index is 0.623. The number of ether oxygens (including phenoxy) is 2. The summed E-state index contributed by atoms with van der Waals surface area (Å²) in [6, 6.07) is 37.3. The minimum Gasteiger partial charge on any atom is -0.465 e. The molecule has 2 N–H and O–H groups in total. The number of amides is 5. The quantitative estimate of drug-likeness (QED) is 0.0393. The number of nitrogens with zero attached hydrogens (tertiary/aromatic N) is 7. The number of benzene rings is 6. The van der Waals surface area contributed by atoms with Crippen LogP contribution in [0.1, 0.15) is 118 Å². The number of carboxylic acid groups (broad SMARTS) is 1. The Morgan fingerprint density at radius 2 is 1.32 bits per heavy atom. The summed E-state index contributed by atoms with van der Waals surface area (Å²) in [6.45, 7) is 7.11. The summed E-state index contributed by atoms with van der Waals surface area (Å²) < 4.78 is 110. The van der Waals surface area contributed by atoms with Gasteiger partial charge in [0, 0.05) is 114 Å². The second kappa shape index (κ2) is 31.6. The molecule has 524 valence electrons. The van der Waals surface area contributed by atoms with E-state index >= 15 is 0 Å². The molecule has 16 nitrogen and oxygen atoms in total. The highest BCUT2D eigenvalue weighted by atomic mass is 19.4. The molecule has 0 unspecified atom stereocenters. The van der Waals surface area contributed by atoms with Crippen LogP contribution < -0.4 is 10.2 Å². The summed E-state index contributed by atoms with van der Waals surface area (Å²) in [5.41, 5.74) is 2.06. The van der Waals surface area contributed by atoms with E-state index in [0.717, 1.165) is 77.3 Å². The summed E-state index contributed by atoms with van der Waals surface area (Å²) in [5.74, 6) is -1.84. The molecule has 0 aromatic heterocycles. The van der Waals surface area contributed by atoms with Gasteiger partial charge < -0.3 is 49.3 Å². The Morgan fingerprint density at radius 1 is 0.673 bits per heavy atom. The molecule has 0 bridgehead atoms. The van der Waals surface area contributed by atoms with E-state index in [1.54, 1.807) is 28.8 Å². The second-order valence-electron chi connectivity index (χ2n) is 26.6. The lowest BCUT2D eigenvalue weighted by atomic mass is 9.72. The van der Waals surface area contributed by atoms with Gasteiger partial charge in [-0.25, -0.2) is 9.18 Å². The number of hydrogen-bond acceptors (Lipinski definition) is 10. The van der Waals surface area contributed by atoms with Crippen LogP contribution in [0.4, 0.5) is 46.9 Å². The molecule has 3 aliphatic heterocycles. The summed E-state index contributed by atoms with van der Waals surface area (Å²) >= 11 is 0. The maximum Gasteiger partial charge on any atom is 0.416 e. The van der Waals surface area contributed by atoms with Gasteiger partial charge in [-0.3, -0.25) is 24.1 Å². The lowest BCUT2D eigenvalue weighted by Crippen LogP contribution is -2.50. The van der Waals surface area contributed by atoms with Crippen LogP contribution in [-0.4, -0.2) is 183 Å². The van der Waals surface area contributed by atoms with Gasteiger partial charge >= 0.3 is 18.4 Å². The van der Waals surface area contributed by atoms with E-state index in [-0.39, 0.29) is 55.5 Å². The Kier molecular flexibility index (Phi) is 23.4. The SMILES string of the molecule is Cc1cc(C(=O)N(C)CCCN(C)C(=O)CO[C@H]2Cc3ccccc3C23CCN(CC[C@]2(c4ccc(F)cc4)CN(C(=O)c4cc(C(F)(F)F)cc(C(F)(F)F)c4)CO2)CC3)ccc1NCCCCCC(=O)N(C)CCN1CCC(N(C(=O)O)c2ccccc2-c2ccccc2)CC1. The van der Waals surface area contributed by atoms with Crippen molar-refractivity contribution in [2.24, 2.45) is 0 Å². The minimum absolute atomic E-state index is 0.0289. The Labute approximate surface area is 568 Å². The van der Waals surface area contributed by atoms with Gasteiger partial charge in [0.1, 0.15) is 24.8 Å². The number of para-hydroxylation sites is 1. The molecule has 0 radical (unpaired) electrons. The van der Waals surface area contributed by atoms with E-state index in [4.69, 9.17) is 9.47 Å². The van der Waals surface area contributed by atoms with Gasteiger partial charge in [-0.2, -0.15) is 26.3 Å². The molecule has 2 atom stereocenters. The monoisotopic (exact) mass is 1360 g/mol. The third-order valence-corrected chi connectivity index (χ3v) is 20.2. The number of hydrogen-bond donors (Lipinski definition) is 2. The first-order valence-corrected chi connectivity index (χ1v) is 33.7. The van der Waals surface area contributed by atoms with Gasteiger partial charge in [-0.05, 0) is 160 Å². The number of likely N-dealkylation sites (N-methyl/N-ethyl adjacent to an activating group) is 2. The largest absolute Gasteiger partial charge is 0.465 e. The molecular weight excluding hydrogens is 1270 g/mol. The minimum atomic E-state index is -5.15. The first-order valence-electron chi connectivity index (χ1n) is 33.7. The molecule has 4 aliphatic rings. The van der Waals surface area contributed by atoms with Crippen LogP contribution in [0.25, 0.3) is 11.1 Å². The molecule has 3 saturated heterocycles. The fourth-order valence-corrected chi connectivity index (χ4v) is 14.4. The third-order valence-electron chi connectivity index (χ3n) is 20.2. The van der Waals surface area contributed by atoms with Crippen molar-refractivity contribution in [1.29, 1.82) is 0 Å². The molecule has 3 fully saturated rings. The molecule has 6 aromatic rings. The van der Waals surface area contributed by atoms with Crippen LogP contribution in [0.15, 0.2) is 140 Å². The Bertz CT molecular complexity index is 3720. The van der Waals surface area contributed by atoms with Crippen molar-refractivity contribution < 1.29 is 69.3 Å². The number of nitrogens with one attached hydrogen (secondary N) is 1. The maximum atomic E-state index is 14.3. The molecule has 3 heterocycles. The molecule has 0 saturated carbocycles. The van der Waals surface area contributed by atoms with Crippen LogP contribution in [0.2, 0.25) is 0 Å². The fourth-order valence-electron chi connectivity index (χ4n) is 14.4. The van der Waals surface area contributed by atoms with E-state index in [1.807, 2.05) is 98.9 Å². The van der Waals surface area contributed by atoms with Gasteiger partial charge in [-0.15, -0.1) is 0 Å². The summed E-state index contributed by atoms with van der Waals surface area (Å²) in [5, 5.41) is 13.9. The fraction of sp³-hybridized carbons (Fsp3) is 0.453. The molecular formula is C75H87F7N8O8. The average molecular weight is 1360 g/mol. The van der Waals surface area contributed by atoms with E-state index in [0.29, 0.717) is 120 Å². The van der Waals surface area contributed by atoms with E-state index in [1.165, 1.54) is 29.2 Å². The zero-order valence-electron chi connectivity index (χ0n) is 56.0. The predicted octanol–water partition coefficient (Wildman–Crippen LogP) is 13.2. The number of unbranched alkanes of at least 4 members (excludes halogenated alkanes) is 2. The van der Waals surface area contributed by atoms with Crippen LogP contribution in [-0.2, 0) is 48.9 Å². The van der Waals surface area contributed by atoms with Crippen LogP contribution in [0.5, 0.6) is 0 Å².